The summed E-state index contributed by atoms with van der Waals surface area (Å²) in [6.45, 7) is 4.98. The van der Waals surface area contributed by atoms with Crippen LogP contribution in [0.2, 0.25) is 0 Å². The molecule has 1 saturated heterocycles. The van der Waals surface area contributed by atoms with Crippen molar-refractivity contribution in [1.82, 2.24) is 4.98 Å². The van der Waals surface area contributed by atoms with Crippen molar-refractivity contribution in [2.45, 2.75) is 6.92 Å². The van der Waals surface area contributed by atoms with E-state index in [1.54, 1.807) is 0 Å². The Bertz CT molecular complexity index is 619. The van der Waals surface area contributed by atoms with E-state index in [0.717, 1.165) is 36.1 Å². The quantitative estimate of drug-likeness (QED) is 0.772. The molecule has 1 fully saturated rings. The number of benzene rings is 1. The molecule has 2 heterocycles. The first-order chi connectivity index (χ1) is 9.28. The van der Waals surface area contributed by atoms with Crippen LogP contribution < -0.4 is 4.90 Å². The minimum Gasteiger partial charge on any atom is -0.378 e. The van der Waals surface area contributed by atoms with Crippen molar-refractivity contribution in [3.63, 3.8) is 0 Å². The smallest absolute Gasteiger partial charge is 0.153 e. The number of carbonyl (C=O) groups is 1. The number of aromatic nitrogens is 1. The first-order valence-electron chi connectivity index (χ1n) is 6.47. The SMILES string of the molecule is Cc1ccc2nc(N3CCOCC3)c(C=O)cc2c1. The lowest BCUT2D eigenvalue weighted by molar-refractivity contribution is 0.111. The third-order valence-electron chi connectivity index (χ3n) is 3.42. The van der Waals surface area contributed by atoms with E-state index in [1.807, 2.05) is 25.1 Å². The van der Waals surface area contributed by atoms with Crippen molar-refractivity contribution in [1.29, 1.82) is 0 Å². The molecular weight excluding hydrogens is 240 g/mol. The molecule has 98 valence electrons. The van der Waals surface area contributed by atoms with Crippen molar-refractivity contribution >= 4 is 23.0 Å². The summed E-state index contributed by atoms with van der Waals surface area (Å²) in [7, 11) is 0. The van der Waals surface area contributed by atoms with Crippen LogP contribution in [0, 0.1) is 6.92 Å². The molecule has 1 aromatic heterocycles. The summed E-state index contributed by atoms with van der Waals surface area (Å²) < 4.78 is 5.34. The Labute approximate surface area is 112 Å². The maximum atomic E-state index is 11.3. The minimum atomic E-state index is 0.653. The Morgan fingerprint density at radius 1 is 1.26 bits per heavy atom. The number of ether oxygens (including phenoxy) is 1. The van der Waals surface area contributed by atoms with Crippen molar-refractivity contribution in [2.24, 2.45) is 0 Å². The van der Waals surface area contributed by atoms with Gasteiger partial charge in [0.05, 0.1) is 24.3 Å². The lowest BCUT2D eigenvalue weighted by atomic mass is 10.1. The highest BCUT2D eigenvalue weighted by molar-refractivity contribution is 5.92. The molecule has 0 aliphatic carbocycles. The van der Waals surface area contributed by atoms with Gasteiger partial charge in [-0.25, -0.2) is 4.98 Å². The molecule has 4 nitrogen and oxygen atoms in total. The number of pyridine rings is 1. The van der Waals surface area contributed by atoms with E-state index in [2.05, 4.69) is 16.0 Å². The molecule has 0 atom stereocenters. The van der Waals surface area contributed by atoms with Crippen LogP contribution in [0.1, 0.15) is 15.9 Å². The number of carbonyl (C=O) groups excluding carboxylic acids is 1. The van der Waals surface area contributed by atoms with Crippen molar-refractivity contribution < 1.29 is 9.53 Å². The van der Waals surface area contributed by atoms with Gasteiger partial charge in [0.25, 0.3) is 0 Å². The zero-order chi connectivity index (χ0) is 13.2. The number of nitrogens with zero attached hydrogens (tertiary/aromatic N) is 2. The molecule has 0 saturated carbocycles. The van der Waals surface area contributed by atoms with Crippen LogP contribution in [0.4, 0.5) is 5.82 Å². The van der Waals surface area contributed by atoms with Gasteiger partial charge in [-0.1, -0.05) is 11.6 Å². The Balaban J connectivity index is 2.11. The number of aryl methyl sites for hydroxylation is 1. The fourth-order valence-electron chi connectivity index (χ4n) is 2.42. The summed E-state index contributed by atoms with van der Waals surface area (Å²) in [6, 6.07) is 8.02. The van der Waals surface area contributed by atoms with E-state index in [1.165, 1.54) is 5.56 Å². The Morgan fingerprint density at radius 2 is 2.05 bits per heavy atom. The molecule has 3 rings (SSSR count). The van der Waals surface area contributed by atoms with Gasteiger partial charge in [0, 0.05) is 18.5 Å². The van der Waals surface area contributed by atoms with Gasteiger partial charge in [-0.05, 0) is 25.1 Å². The molecule has 0 spiro atoms. The average Bonchev–Trinajstić information content (AvgIpc) is 2.46. The van der Waals surface area contributed by atoms with Gasteiger partial charge in [-0.15, -0.1) is 0 Å². The van der Waals surface area contributed by atoms with Crippen LogP contribution in [0.15, 0.2) is 24.3 Å². The lowest BCUT2D eigenvalue weighted by Crippen LogP contribution is -2.37. The van der Waals surface area contributed by atoms with Crippen LogP contribution >= 0.6 is 0 Å². The van der Waals surface area contributed by atoms with Gasteiger partial charge < -0.3 is 9.64 Å². The van der Waals surface area contributed by atoms with Crippen LogP contribution in [0.3, 0.4) is 0 Å². The second kappa shape index (κ2) is 4.97. The predicted octanol–water partition coefficient (Wildman–Crippen LogP) is 2.19. The Kier molecular flexibility index (Phi) is 3.17. The van der Waals surface area contributed by atoms with E-state index in [9.17, 15) is 4.79 Å². The van der Waals surface area contributed by atoms with Crippen LogP contribution in [-0.2, 0) is 4.74 Å². The van der Waals surface area contributed by atoms with Crippen LogP contribution in [0.5, 0.6) is 0 Å². The lowest BCUT2D eigenvalue weighted by Gasteiger charge is -2.28. The molecule has 1 aromatic carbocycles. The summed E-state index contributed by atoms with van der Waals surface area (Å²) in [5.74, 6) is 0.773. The molecule has 19 heavy (non-hydrogen) atoms. The number of morpholine rings is 1. The zero-order valence-electron chi connectivity index (χ0n) is 10.9. The molecule has 1 aliphatic rings. The Morgan fingerprint density at radius 3 is 2.79 bits per heavy atom. The van der Waals surface area contributed by atoms with Gasteiger partial charge in [0.2, 0.25) is 0 Å². The molecule has 0 bridgehead atoms. The van der Waals surface area contributed by atoms with Gasteiger partial charge in [0.1, 0.15) is 5.82 Å². The summed E-state index contributed by atoms with van der Waals surface area (Å²) in [5.41, 5.74) is 2.75. The molecule has 0 N–H and O–H groups in total. The third kappa shape index (κ3) is 2.31. The van der Waals surface area contributed by atoms with Crippen LogP contribution in [0.25, 0.3) is 10.9 Å². The zero-order valence-corrected chi connectivity index (χ0v) is 10.9. The van der Waals surface area contributed by atoms with Gasteiger partial charge in [-0.3, -0.25) is 4.79 Å². The second-order valence-electron chi connectivity index (χ2n) is 4.81. The molecule has 0 unspecified atom stereocenters. The number of aldehydes is 1. The van der Waals surface area contributed by atoms with Gasteiger partial charge >= 0.3 is 0 Å². The fraction of sp³-hybridized carbons (Fsp3) is 0.333. The predicted molar refractivity (Wildman–Crippen MR) is 74.9 cm³/mol. The van der Waals surface area contributed by atoms with Crippen molar-refractivity contribution in [2.75, 3.05) is 31.2 Å². The van der Waals surface area contributed by atoms with E-state index in [0.29, 0.717) is 18.8 Å². The third-order valence-corrected chi connectivity index (χ3v) is 3.42. The highest BCUT2D eigenvalue weighted by atomic mass is 16.5. The Hall–Kier alpha value is -1.94. The summed E-state index contributed by atoms with van der Waals surface area (Å²) in [6.07, 6.45) is 0.888. The van der Waals surface area contributed by atoms with E-state index in [4.69, 9.17) is 4.74 Å². The molecule has 4 heteroatoms. The summed E-state index contributed by atoms with van der Waals surface area (Å²) >= 11 is 0. The van der Waals surface area contributed by atoms with Crippen molar-refractivity contribution in [3.8, 4) is 0 Å². The minimum absolute atomic E-state index is 0.653. The monoisotopic (exact) mass is 256 g/mol. The molecule has 0 radical (unpaired) electrons. The molecule has 0 amide bonds. The standard InChI is InChI=1S/C15H16N2O2/c1-11-2-3-14-12(8-11)9-13(10-18)15(16-14)17-4-6-19-7-5-17/h2-3,8-10H,4-7H2,1H3. The largest absolute Gasteiger partial charge is 0.378 e. The fourth-order valence-corrected chi connectivity index (χ4v) is 2.42. The number of hydrogen-bond donors (Lipinski definition) is 0. The maximum Gasteiger partial charge on any atom is 0.153 e. The van der Waals surface area contributed by atoms with Crippen LogP contribution in [-0.4, -0.2) is 37.6 Å². The first kappa shape index (κ1) is 12.1. The van der Waals surface area contributed by atoms with Gasteiger partial charge in [-0.2, -0.15) is 0 Å². The number of anilines is 1. The molecular formula is C15H16N2O2. The maximum absolute atomic E-state index is 11.3. The van der Waals surface area contributed by atoms with Gasteiger partial charge in [0.15, 0.2) is 6.29 Å². The van der Waals surface area contributed by atoms with E-state index >= 15 is 0 Å². The molecule has 2 aromatic rings. The van der Waals surface area contributed by atoms with E-state index in [-0.39, 0.29) is 0 Å². The first-order valence-corrected chi connectivity index (χ1v) is 6.47. The molecule has 1 aliphatic heterocycles. The highest BCUT2D eigenvalue weighted by Crippen LogP contribution is 2.24. The average molecular weight is 256 g/mol. The topological polar surface area (TPSA) is 42.4 Å². The normalized spacial score (nSPS) is 15.7. The van der Waals surface area contributed by atoms with E-state index < -0.39 is 0 Å². The number of hydrogen-bond acceptors (Lipinski definition) is 4. The number of rotatable bonds is 2. The highest BCUT2D eigenvalue weighted by Gasteiger charge is 2.16. The van der Waals surface area contributed by atoms with Crippen molar-refractivity contribution in [3.05, 3.63) is 35.4 Å². The summed E-state index contributed by atoms with van der Waals surface area (Å²) in [5, 5.41) is 1.01. The summed E-state index contributed by atoms with van der Waals surface area (Å²) in [4.78, 5) is 18.1. The number of fused-ring (bicyclic) bond motifs is 1. The second-order valence-corrected chi connectivity index (χ2v) is 4.81.